The van der Waals surface area contributed by atoms with E-state index in [-0.39, 0.29) is 17.9 Å². The number of esters is 2. The van der Waals surface area contributed by atoms with E-state index in [4.69, 9.17) is 14.2 Å². The van der Waals surface area contributed by atoms with E-state index in [2.05, 4.69) is 10.4 Å². The third-order valence-corrected chi connectivity index (χ3v) is 4.15. The lowest BCUT2D eigenvalue weighted by Gasteiger charge is -2.29. The van der Waals surface area contributed by atoms with Crippen molar-refractivity contribution < 1.29 is 28.2 Å². The standard InChI is InChI=1S/C19H20FN3O5/c1-11-12(8-22-23(11)4)10-26-16-6-5-13(7-15(16)20)21-9-14-17(24)27-19(2,3)28-18(14)25/h5-9,21H,10H2,1-4H3. The summed E-state index contributed by atoms with van der Waals surface area (Å²) in [5.74, 6) is -3.48. The summed E-state index contributed by atoms with van der Waals surface area (Å²) < 4.78 is 31.5. The Balaban J connectivity index is 1.66. The molecule has 0 bridgehead atoms. The molecule has 1 aliphatic rings. The Kier molecular flexibility index (Phi) is 5.08. The van der Waals surface area contributed by atoms with Crippen LogP contribution in [0, 0.1) is 12.7 Å². The molecule has 148 valence electrons. The Hall–Kier alpha value is -3.36. The van der Waals surface area contributed by atoms with Crippen LogP contribution in [0.5, 0.6) is 5.75 Å². The second kappa shape index (κ2) is 7.34. The van der Waals surface area contributed by atoms with Crippen LogP contribution < -0.4 is 10.1 Å². The van der Waals surface area contributed by atoms with E-state index in [1.165, 1.54) is 26.0 Å². The van der Waals surface area contributed by atoms with Gasteiger partial charge in [-0.2, -0.15) is 5.10 Å². The van der Waals surface area contributed by atoms with Gasteiger partial charge in [-0.1, -0.05) is 0 Å². The van der Waals surface area contributed by atoms with E-state index in [0.717, 1.165) is 17.5 Å². The van der Waals surface area contributed by atoms with Crippen molar-refractivity contribution in [3.05, 3.63) is 53.2 Å². The number of aromatic nitrogens is 2. The Morgan fingerprint density at radius 2 is 1.96 bits per heavy atom. The van der Waals surface area contributed by atoms with Gasteiger partial charge in [-0.05, 0) is 19.1 Å². The highest BCUT2D eigenvalue weighted by molar-refractivity contribution is 6.15. The van der Waals surface area contributed by atoms with Crippen LogP contribution in [0.25, 0.3) is 0 Å². The molecule has 0 aliphatic carbocycles. The number of nitrogens with one attached hydrogen (secondary N) is 1. The van der Waals surface area contributed by atoms with Crippen LogP contribution in [0.1, 0.15) is 25.1 Å². The summed E-state index contributed by atoms with van der Waals surface area (Å²) in [7, 11) is 1.81. The van der Waals surface area contributed by atoms with E-state index in [0.29, 0.717) is 5.69 Å². The number of anilines is 1. The minimum absolute atomic E-state index is 0.0692. The molecule has 3 rings (SSSR count). The van der Waals surface area contributed by atoms with Gasteiger partial charge in [-0.3, -0.25) is 4.68 Å². The van der Waals surface area contributed by atoms with Crippen molar-refractivity contribution in [3.63, 3.8) is 0 Å². The van der Waals surface area contributed by atoms with Gasteiger partial charge in [0.25, 0.3) is 5.79 Å². The molecule has 1 fully saturated rings. The van der Waals surface area contributed by atoms with Crippen LogP contribution in [-0.4, -0.2) is 27.5 Å². The lowest BCUT2D eigenvalue weighted by atomic mass is 10.2. The first-order valence-corrected chi connectivity index (χ1v) is 8.49. The maximum Gasteiger partial charge on any atom is 0.350 e. The number of benzene rings is 1. The highest BCUT2D eigenvalue weighted by Gasteiger charge is 2.38. The van der Waals surface area contributed by atoms with Crippen molar-refractivity contribution in [2.45, 2.75) is 33.2 Å². The Morgan fingerprint density at radius 3 is 2.54 bits per heavy atom. The summed E-state index contributed by atoms with van der Waals surface area (Å²) in [5, 5.41) is 6.79. The molecule has 0 spiro atoms. The number of ether oxygens (including phenoxy) is 3. The summed E-state index contributed by atoms with van der Waals surface area (Å²) in [6.45, 7) is 4.98. The van der Waals surface area contributed by atoms with Crippen LogP contribution >= 0.6 is 0 Å². The fourth-order valence-corrected chi connectivity index (χ4v) is 2.48. The van der Waals surface area contributed by atoms with Gasteiger partial charge in [-0.25, -0.2) is 14.0 Å². The third kappa shape index (κ3) is 4.13. The highest BCUT2D eigenvalue weighted by atomic mass is 19.1. The lowest BCUT2D eigenvalue weighted by Crippen LogP contribution is -2.42. The summed E-state index contributed by atoms with van der Waals surface area (Å²) >= 11 is 0. The summed E-state index contributed by atoms with van der Waals surface area (Å²) in [6, 6.07) is 4.18. The molecule has 0 atom stereocenters. The van der Waals surface area contributed by atoms with E-state index in [1.54, 1.807) is 16.9 Å². The summed E-state index contributed by atoms with van der Waals surface area (Å²) in [6.07, 6.45) is 2.78. The molecular formula is C19H20FN3O5. The molecule has 1 aromatic carbocycles. The molecule has 9 heteroatoms. The number of halogens is 1. The van der Waals surface area contributed by atoms with Crippen molar-refractivity contribution in [2.75, 3.05) is 5.32 Å². The van der Waals surface area contributed by atoms with Crippen molar-refractivity contribution in [1.82, 2.24) is 9.78 Å². The third-order valence-electron chi connectivity index (χ3n) is 4.15. The number of hydrogen-bond acceptors (Lipinski definition) is 7. The van der Waals surface area contributed by atoms with Crippen LogP contribution in [0.4, 0.5) is 10.1 Å². The van der Waals surface area contributed by atoms with Gasteiger partial charge in [0.05, 0.1) is 6.20 Å². The average Bonchev–Trinajstić information content (AvgIpc) is 2.91. The first-order valence-electron chi connectivity index (χ1n) is 8.49. The number of carbonyl (C=O) groups excluding carboxylic acids is 2. The van der Waals surface area contributed by atoms with Crippen molar-refractivity contribution in [1.29, 1.82) is 0 Å². The SMILES string of the molecule is Cc1c(COc2ccc(NC=C3C(=O)OC(C)(C)OC3=O)cc2F)cnn1C. The number of aryl methyl sites for hydroxylation is 1. The van der Waals surface area contributed by atoms with Gasteiger partial charge in [0, 0.05) is 50.1 Å². The number of carbonyl (C=O) groups is 2. The summed E-state index contributed by atoms with van der Waals surface area (Å²) in [4.78, 5) is 23.8. The van der Waals surface area contributed by atoms with Gasteiger partial charge >= 0.3 is 11.9 Å². The lowest BCUT2D eigenvalue weighted by molar-refractivity contribution is -0.222. The molecule has 0 amide bonds. The highest BCUT2D eigenvalue weighted by Crippen LogP contribution is 2.25. The quantitative estimate of drug-likeness (QED) is 0.477. The zero-order chi connectivity index (χ0) is 20.5. The van der Waals surface area contributed by atoms with Gasteiger partial charge in [-0.15, -0.1) is 0 Å². The number of hydrogen-bond donors (Lipinski definition) is 1. The molecule has 1 N–H and O–H groups in total. The number of nitrogens with zero attached hydrogens (tertiary/aromatic N) is 2. The van der Waals surface area contributed by atoms with Crippen molar-refractivity contribution in [3.8, 4) is 5.75 Å². The average molecular weight is 389 g/mol. The molecule has 1 saturated heterocycles. The van der Waals surface area contributed by atoms with E-state index in [9.17, 15) is 14.0 Å². The number of rotatable bonds is 5. The van der Waals surface area contributed by atoms with E-state index >= 15 is 0 Å². The predicted molar refractivity (Wildman–Crippen MR) is 96.6 cm³/mol. The fraction of sp³-hybridized carbons (Fsp3) is 0.316. The van der Waals surface area contributed by atoms with Gasteiger partial charge in [0.15, 0.2) is 17.1 Å². The van der Waals surface area contributed by atoms with Crippen LogP contribution in [0.3, 0.4) is 0 Å². The second-order valence-corrected chi connectivity index (χ2v) is 6.69. The maximum atomic E-state index is 14.3. The molecule has 0 saturated carbocycles. The normalized spacial score (nSPS) is 15.7. The smallest absolute Gasteiger partial charge is 0.350 e. The summed E-state index contributed by atoms with van der Waals surface area (Å²) in [5.41, 5.74) is 1.79. The van der Waals surface area contributed by atoms with Crippen LogP contribution in [-0.2, 0) is 32.7 Å². The topological polar surface area (TPSA) is 91.7 Å². The van der Waals surface area contributed by atoms with Gasteiger partial charge < -0.3 is 19.5 Å². The maximum absolute atomic E-state index is 14.3. The molecule has 0 unspecified atom stereocenters. The largest absolute Gasteiger partial charge is 0.486 e. The minimum Gasteiger partial charge on any atom is -0.486 e. The second-order valence-electron chi connectivity index (χ2n) is 6.69. The molecule has 1 aromatic heterocycles. The zero-order valence-electron chi connectivity index (χ0n) is 15.9. The Labute approximate surface area is 160 Å². The van der Waals surface area contributed by atoms with Crippen molar-refractivity contribution >= 4 is 17.6 Å². The Morgan fingerprint density at radius 1 is 1.29 bits per heavy atom. The zero-order valence-corrected chi connectivity index (χ0v) is 15.9. The molecule has 2 heterocycles. The molecule has 2 aromatic rings. The molecular weight excluding hydrogens is 369 g/mol. The number of cyclic esters (lactones) is 2. The van der Waals surface area contributed by atoms with Crippen LogP contribution in [0.2, 0.25) is 0 Å². The molecule has 0 radical (unpaired) electrons. The van der Waals surface area contributed by atoms with Gasteiger partial charge in [0.2, 0.25) is 0 Å². The first-order chi connectivity index (χ1) is 13.2. The first kappa shape index (κ1) is 19.4. The Bertz CT molecular complexity index is 942. The van der Waals surface area contributed by atoms with E-state index < -0.39 is 23.5 Å². The van der Waals surface area contributed by atoms with Crippen LogP contribution in [0.15, 0.2) is 36.2 Å². The predicted octanol–water partition coefficient (Wildman–Crippen LogP) is 2.58. The molecule has 1 aliphatic heterocycles. The molecule has 8 nitrogen and oxygen atoms in total. The van der Waals surface area contributed by atoms with Gasteiger partial charge in [0.1, 0.15) is 6.61 Å². The van der Waals surface area contributed by atoms with E-state index in [1.807, 2.05) is 14.0 Å². The minimum atomic E-state index is -1.32. The fourth-order valence-electron chi connectivity index (χ4n) is 2.48. The van der Waals surface area contributed by atoms with Crippen molar-refractivity contribution in [2.24, 2.45) is 7.05 Å². The molecule has 28 heavy (non-hydrogen) atoms. The monoisotopic (exact) mass is 389 g/mol.